The number of nitrogens with zero attached hydrogens (tertiary/aromatic N) is 2. The van der Waals surface area contributed by atoms with E-state index in [1.165, 1.54) is 23.9 Å². The first-order valence-corrected chi connectivity index (χ1v) is 12.0. The second-order valence-electron chi connectivity index (χ2n) is 9.34. The highest BCUT2D eigenvalue weighted by Gasteiger charge is 2.63. The molecule has 5 rings (SSSR count). The lowest BCUT2D eigenvalue weighted by Crippen LogP contribution is -2.51. The summed E-state index contributed by atoms with van der Waals surface area (Å²) in [7, 11) is 0. The summed E-state index contributed by atoms with van der Waals surface area (Å²) in [5.41, 5.74) is 3.82. The van der Waals surface area contributed by atoms with Crippen LogP contribution in [0.15, 0.2) is 72.8 Å². The molecule has 0 aliphatic carbocycles. The Labute approximate surface area is 202 Å². The van der Waals surface area contributed by atoms with Crippen LogP contribution in [-0.2, 0) is 16.2 Å². The van der Waals surface area contributed by atoms with Gasteiger partial charge >= 0.3 is 6.03 Å². The quantitative estimate of drug-likeness (QED) is 0.514. The molecule has 1 atom stereocenters. The van der Waals surface area contributed by atoms with Gasteiger partial charge in [0.1, 0.15) is 5.82 Å². The number of carbonyl (C=O) groups excluding carboxylic acids is 2. The van der Waals surface area contributed by atoms with Crippen LogP contribution in [0.2, 0.25) is 0 Å². The predicted octanol–water partition coefficient (Wildman–Crippen LogP) is 5.89. The van der Waals surface area contributed by atoms with E-state index in [4.69, 9.17) is 0 Å². The van der Waals surface area contributed by atoms with Gasteiger partial charge in [0.15, 0.2) is 4.87 Å². The zero-order valence-electron chi connectivity index (χ0n) is 19.3. The van der Waals surface area contributed by atoms with Crippen molar-refractivity contribution in [1.82, 2.24) is 4.90 Å². The summed E-state index contributed by atoms with van der Waals surface area (Å²) < 4.78 is 13.9. The molecule has 0 radical (unpaired) electrons. The first-order chi connectivity index (χ1) is 16.2. The number of carbonyl (C=O) groups is 2. The molecule has 0 aromatic heterocycles. The lowest BCUT2D eigenvalue weighted by molar-refractivity contribution is -0.123. The Morgan fingerprint density at radius 2 is 1.71 bits per heavy atom. The molecule has 5 nitrogen and oxygen atoms in total. The molecule has 34 heavy (non-hydrogen) atoms. The summed E-state index contributed by atoms with van der Waals surface area (Å²) >= 11 is 1.48. The molecular weight excluding hydrogens is 449 g/mol. The van der Waals surface area contributed by atoms with Gasteiger partial charge < -0.3 is 10.2 Å². The SMILES string of the molecule is Cc1ccccc1CN1C(=O)[C@@]2(SC(C)(C)CN2C(=O)Nc2ccccc2F)c2ccccc21. The highest BCUT2D eigenvalue weighted by Crippen LogP contribution is 2.59. The van der Waals surface area contributed by atoms with Gasteiger partial charge in [-0.25, -0.2) is 9.18 Å². The van der Waals surface area contributed by atoms with Gasteiger partial charge in [0.2, 0.25) is 0 Å². The summed E-state index contributed by atoms with van der Waals surface area (Å²) in [6.07, 6.45) is 0. The number of anilines is 2. The summed E-state index contributed by atoms with van der Waals surface area (Å²) in [6.45, 7) is 6.83. The van der Waals surface area contributed by atoms with Crippen molar-refractivity contribution in [2.45, 2.75) is 36.9 Å². The lowest BCUT2D eigenvalue weighted by atomic mass is 10.1. The number of thioether (sulfide) groups is 1. The number of rotatable bonds is 3. The molecule has 7 heteroatoms. The van der Waals surface area contributed by atoms with Gasteiger partial charge in [-0.1, -0.05) is 54.6 Å². The van der Waals surface area contributed by atoms with E-state index in [1.807, 2.05) is 69.3 Å². The number of aryl methyl sites for hydroxylation is 1. The minimum absolute atomic E-state index is 0.0906. The molecule has 174 valence electrons. The van der Waals surface area contributed by atoms with E-state index in [2.05, 4.69) is 5.32 Å². The average molecular weight is 476 g/mol. The maximum absolute atomic E-state index is 14.3. The molecule has 1 saturated heterocycles. The summed E-state index contributed by atoms with van der Waals surface area (Å²) in [4.78, 5) is 29.9. The predicted molar refractivity (Wildman–Crippen MR) is 134 cm³/mol. The standard InChI is InChI=1S/C27H26FN3O2S/c1-18-10-4-5-11-19(18)16-30-23-15-9-6-12-20(23)27(24(30)32)31(17-26(2,3)34-27)25(33)29-22-14-8-7-13-21(22)28/h4-15H,16-17H2,1-3H3,(H,29,33)/t27-/m0/s1. The number of para-hydroxylation sites is 2. The van der Waals surface area contributed by atoms with Gasteiger partial charge in [0, 0.05) is 16.9 Å². The Balaban J connectivity index is 1.58. The third kappa shape index (κ3) is 3.55. The fraction of sp³-hybridized carbons (Fsp3) is 0.259. The van der Waals surface area contributed by atoms with Crippen molar-refractivity contribution in [3.63, 3.8) is 0 Å². The lowest BCUT2D eigenvalue weighted by Gasteiger charge is -2.33. The van der Waals surface area contributed by atoms with Crippen molar-refractivity contribution in [2.75, 3.05) is 16.8 Å². The Bertz CT molecular complexity index is 1290. The van der Waals surface area contributed by atoms with Crippen molar-refractivity contribution < 1.29 is 14.0 Å². The molecule has 3 amide bonds. The van der Waals surface area contributed by atoms with E-state index < -0.39 is 16.7 Å². The minimum atomic E-state index is -1.22. The van der Waals surface area contributed by atoms with E-state index >= 15 is 0 Å². The van der Waals surface area contributed by atoms with Crippen molar-refractivity contribution >= 4 is 35.1 Å². The maximum atomic E-state index is 14.3. The fourth-order valence-electron chi connectivity index (χ4n) is 4.82. The molecule has 2 aliphatic rings. The second kappa shape index (κ2) is 8.17. The number of hydrogen-bond acceptors (Lipinski definition) is 3. The molecular formula is C27H26FN3O2S. The number of fused-ring (bicyclic) bond motifs is 2. The van der Waals surface area contributed by atoms with Gasteiger partial charge in [-0.3, -0.25) is 9.69 Å². The van der Waals surface area contributed by atoms with E-state index in [-0.39, 0.29) is 16.3 Å². The number of hydrogen-bond donors (Lipinski definition) is 1. The molecule has 1 spiro atoms. The average Bonchev–Trinajstić information content (AvgIpc) is 3.23. The molecule has 2 heterocycles. The molecule has 3 aromatic carbocycles. The van der Waals surface area contributed by atoms with Crippen molar-refractivity contribution in [3.8, 4) is 0 Å². The Hall–Kier alpha value is -3.32. The van der Waals surface area contributed by atoms with Crippen molar-refractivity contribution in [3.05, 3.63) is 95.3 Å². The smallest absolute Gasteiger partial charge is 0.305 e. The summed E-state index contributed by atoms with van der Waals surface area (Å²) in [5, 5.41) is 2.69. The van der Waals surface area contributed by atoms with Crippen molar-refractivity contribution in [1.29, 1.82) is 0 Å². The van der Waals surface area contributed by atoms with Crippen LogP contribution in [0.4, 0.5) is 20.6 Å². The number of nitrogens with one attached hydrogen (secondary N) is 1. The third-order valence-corrected chi connectivity index (χ3v) is 7.98. The molecule has 3 aromatic rings. The number of benzene rings is 3. The van der Waals surface area contributed by atoms with E-state index in [0.29, 0.717) is 13.1 Å². The van der Waals surface area contributed by atoms with Gasteiger partial charge in [-0.15, -0.1) is 11.8 Å². The molecule has 0 bridgehead atoms. The van der Waals surface area contributed by atoms with E-state index in [9.17, 15) is 14.0 Å². The summed E-state index contributed by atoms with van der Waals surface area (Å²) in [5.74, 6) is -0.674. The monoisotopic (exact) mass is 475 g/mol. The van der Waals surface area contributed by atoms with Crippen LogP contribution in [-0.4, -0.2) is 28.1 Å². The maximum Gasteiger partial charge on any atom is 0.323 e. The van der Waals surface area contributed by atoms with Crippen LogP contribution >= 0.6 is 11.8 Å². The van der Waals surface area contributed by atoms with E-state index in [1.54, 1.807) is 21.9 Å². The van der Waals surface area contributed by atoms with Crippen LogP contribution in [0.5, 0.6) is 0 Å². The van der Waals surface area contributed by atoms with Crippen LogP contribution in [0.25, 0.3) is 0 Å². The topological polar surface area (TPSA) is 52.7 Å². The van der Waals surface area contributed by atoms with Crippen LogP contribution in [0.3, 0.4) is 0 Å². The van der Waals surface area contributed by atoms with Gasteiger partial charge in [-0.05, 0) is 50.1 Å². The Morgan fingerprint density at radius 3 is 2.47 bits per heavy atom. The Morgan fingerprint density at radius 1 is 1.03 bits per heavy atom. The highest BCUT2D eigenvalue weighted by molar-refractivity contribution is 8.02. The van der Waals surface area contributed by atoms with E-state index in [0.717, 1.165) is 22.4 Å². The highest BCUT2D eigenvalue weighted by atomic mass is 32.2. The number of amides is 3. The number of urea groups is 1. The fourth-order valence-corrected chi connectivity index (χ4v) is 6.55. The van der Waals surface area contributed by atoms with Crippen LogP contribution < -0.4 is 10.2 Å². The summed E-state index contributed by atoms with van der Waals surface area (Å²) in [6, 6.07) is 21.2. The Kier molecular flexibility index (Phi) is 5.40. The van der Waals surface area contributed by atoms with Gasteiger partial charge in [0.05, 0.1) is 17.9 Å². The molecule has 0 unspecified atom stereocenters. The zero-order valence-corrected chi connectivity index (χ0v) is 20.2. The minimum Gasteiger partial charge on any atom is -0.305 e. The molecule has 2 aliphatic heterocycles. The third-order valence-electron chi connectivity index (χ3n) is 6.39. The molecule has 0 saturated carbocycles. The van der Waals surface area contributed by atoms with Crippen LogP contribution in [0.1, 0.15) is 30.5 Å². The number of halogens is 1. The first-order valence-electron chi connectivity index (χ1n) is 11.2. The van der Waals surface area contributed by atoms with Gasteiger partial charge in [0.25, 0.3) is 5.91 Å². The van der Waals surface area contributed by atoms with Crippen LogP contribution in [0, 0.1) is 12.7 Å². The second-order valence-corrected chi connectivity index (χ2v) is 11.2. The molecule has 1 fully saturated rings. The largest absolute Gasteiger partial charge is 0.323 e. The zero-order chi connectivity index (χ0) is 24.1. The first kappa shape index (κ1) is 22.5. The molecule has 1 N–H and O–H groups in total. The normalized spacial score (nSPS) is 20.6. The van der Waals surface area contributed by atoms with Gasteiger partial charge in [-0.2, -0.15) is 0 Å². The van der Waals surface area contributed by atoms with Crippen molar-refractivity contribution in [2.24, 2.45) is 0 Å².